The van der Waals surface area contributed by atoms with Crippen molar-refractivity contribution in [3.8, 4) is 0 Å². The first-order valence-electron chi connectivity index (χ1n) is 9.31. The maximum absolute atomic E-state index is 11.8. The highest BCUT2D eigenvalue weighted by atomic mass is 35.5. The lowest BCUT2D eigenvalue weighted by Crippen LogP contribution is -2.31. The number of anilines is 4. The molecule has 2 rings (SSSR count). The number of carbonyl (C=O) groups is 1. The van der Waals surface area contributed by atoms with Crippen LogP contribution in [-0.4, -0.2) is 47.2 Å². The molecule has 0 fully saturated rings. The molecule has 1 heterocycles. The molecule has 0 atom stereocenters. The summed E-state index contributed by atoms with van der Waals surface area (Å²) in [5.41, 5.74) is 1.15. The molecule has 1 aromatic carbocycles. The number of rotatable bonds is 9. The molecule has 0 radical (unpaired) electrons. The van der Waals surface area contributed by atoms with Crippen LogP contribution in [0.1, 0.15) is 33.0 Å². The summed E-state index contributed by atoms with van der Waals surface area (Å²) in [6.07, 6.45) is 2.68. The molecule has 0 spiro atoms. The van der Waals surface area contributed by atoms with Crippen LogP contribution in [0.2, 0.25) is 10.0 Å². The number of amides is 1. The summed E-state index contributed by atoms with van der Waals surface area (Å²) in [7, 11) is 1.92. The number of aryl methyl sites for hydroxylation is 1. The number of aromatic nitrogens is 2. The quantitative estimate of drug-likeness (QED) is 0.562. The Balaban J connectivity index is 2.47. The highest BCUT2D eigenvalue weighted by molar-refractivity contribution is 6.35. The molecule has 0 bridgehead atoms. The Kier molecular flexibility index (Phi) is 7.68. The van der Waals surface area contributed by atoms with E-state index in [-0.39, 0.29) is 0 Å². The highest BCUT2D eigenvalue weighted by Crippen LogP contribution is 2.40. The summed E-state index contributed by atoms with van der Waals surface area (Å²) < 4.78 is 0. The van der Waals surface area contributed by atoms with Crippen LogP contribution in [0.5, 0.6) is 0 Å². The van der Waals surface area contributed by atoms with Crippen LogP contribution in [0.15, 0.2) is 18.3 Å². The number of benzene rings is 1. The number of carbonyl (C=O) groups excluding carboxylic acids is 1. The van der Waals surface area contributed by atoms with E-state index in [0.717, 1.165) is 12.1 Å². The molecule has 2 aromatic rings. The molecule has 1 amide bonds. The van der Waals surface area contributed by atoms with E-state index >= 15 is 0 Å². The van der Waals surface area contributed by atoms with Crippen molar-refractivity contribution in [2.24, 2.45) is 0 Å². The molecule has 7 nitrogen and oxygen atoms in total. The Morgan fingerprint density at radius 2 is 1.97 bits per heavy atom. The summed E-state index contributed by atoms with van der Waals surface area (Å²) in [4.78, 5) is 23.7. The minimum atomic E-state index is -0.895. The molecular weight excluding hydrogens is 413 g/mol. The molecule has 0 aliphatic rings. The van der Waals surface area contributed by atoms with Crippen LogP contribution in [0.25, 0.3) is 0 Å². The lowest BCUT2D eigenvalue weighted by atomic mass is 10.1. The fourth-order valence-electron chi connectivity index (χ4n) is 2.69. The SMILES string of the molecule is CCN(C)c1cc(Nc2nc(C)ncc2Cl)cc(Cl)c1N(C=O)CCC(C)(C)O. The first-order chi connectivity index (χ1) is 13.6. The Hall–Kier alpha value is -2.09. The number of nitrogens with one attached hydrogen (secondary N) is 1. The van der Waals surface area contributed by atoms with Gasteiger partial charge in [-0.1, -0.05) is 23.2 Å². The van der Waals surface area contributed by atoms with Gasteiger partial charge in [0.25, 0.3) is 0 Å². The molecule has 29 heavy (non-hydrogen) atoms. The maximum atomic E-state index is 11.8. The van der Waals surface area contributed by atoms with Gasteiger partial charge in [0, 0.05) is 25.8 Å². The van der Waals surface area contributed by atoms with Crippen molar-refractivity contribution in [1.82, 2.24) is 9.97 Å². The first-order valence-corrected chi connectivity index (χ1v) is 10.1. The monoisotopic (exact) mass is 439 g/mol. The molecule has 9 heteroatoms. The van der Waals surface area contributed by atoms with Gasteiger partial charge in [-0.05, 0) is 46.2 Å². The summed E-state index contributed by atoms with van der Waals surface area (Å²) in [5.74, 6) is 1.06. The third-order valence-corrected chi connectivity index (χ3v) is 5.00. The standard InChI is InChI=1S/C20H27Cl2N5O2/c1-6-26(5)17-10-14(25-19-16(22)11-23-13(2)24-19)9-15(21)18(17)27(12-28)8-7-20(3,4)29/h9-12,29H,6-8H2,1-5H3,(H,23,24,25). The van der Waals surface area contributed by atoms with E-state index in [4.69, 9.17) is 23.2 Å². The van der Waals surface area contributed by atoms with Crippen molar-refractivity contribution in [2.75, 3.05) is 35.3 Å². The van der Waals surface area contributed by atoms with Crippen LogP contribution >= 0.6 is 23.2 Å². The number of hydrogen-bond donors (Lipinski definition) is 2. The third-order valence-electron chi connectivity index (χ3n) is 4.44. The smallest absolute Gasteiger partial charge is 0.214 e. The zero-order valence-electron chi connectivity index (χ0n) is 17.3. The normalized spacial score (nSPS) is 11.3. The van der Waals surface area contributed by atoms with Crippen molar-refractivity contribution in [3.63, 3.8) is 0 Å². The van der Waals surface area contributed by atoms with Crippen molar-refractivity contribution in [2.45, 2.75) is 39.7 Å². The Morgan fingerprint density at radius 1 is 1.28 bits per heavy atom. The van der Waals surface area contributed by atoms with Crippen molar-refractivity contribution >= 4 is 52.5 Å². The van der Waals surface area contributed by atoms with Gasteiger partial charge in [-0.3, -0.25) is 4.79 Å². The molecule has 0 aliphatic carbocycles. The summed E-state index contributed by atoms with van der Waals surface area (Å²) in [6.45, 7) is 8.23. The summed E-state index contributed by atoms with van der Waals surface area (Å²) in [5, 5.41) is 14.0. The first kappa shape index (κ1) is 23.2. The number of halogens is 2. The Morgan fingerprint density at radius 3 is 2.55 bits per heavy atom. The highest BCUT2D eigenvalue weighted by Gasteiger charge is 2.22. The second-order valence-corrected chi connectivity index (χ2v) is 8.25. The maximum Gasteiger partial charge on any atom is 0.214 e. The second-order valence-electron chi connectivity index (χ2n) is 7.44. The van der Waals surface area contributed by atoms with Gasteiger partial charge in [0.15, 0.2) is 5.82 Å². The van der Waals surface area contributed by atoms with E-state index in [1.807, 2.05) is 24.9 Å². The molecule has 0 saturated carbocycles. The fraction of sp³-hybridized carbons (Fsp3) is 0.450. The number of nitrogens with zero attached hydrogens (tertiary/aromatic N) is 4. The van der Waals surface area contributed by atoms with E-state index in [1.54, 1.807) is 26.8 Å². The van der Waals surface area contributed by atoms with Crippen molar-refractivity contribution < 1.29 is 9.90 Å². The Labute approximate surface area is 181 Å². The summed E-state index contributed by atoms with van der Waals surface area (Å²) >= 11 is 12.8. The van der Waals surface area contributed by atoms with E-state index < -0.39 is 5.60 Å². The van der Waals surface area contributed by atoms with Gasteiger partial charge in [0.1, 0.15) is 10.8 Å². The van der Waals surface area contributed by atoms with Crippen LogP contribution in [0.4, 0.5) is 22.9 Å². The largest absolute Gasteiger partial charge is 0.390 e. The van der Waals surface area contributed by atoms with E-state index in [1.165, 1.54) is 11.1 Å². The van der Waals surface area contributed by atoms with Crippen molar-refractivity contribution in [1.29, 1.82) is 0 Å². The minimum Gasteiger partial charge on any atom is -0.390 e. The average Bonchev–Trinajstić information content (AvgIpc) is 2.64. The lowest BCUT2D eigenvalue weighted by molar-refractivity contribution is -0.107. The van der Waals surface area contributed by atoms with Gasteiger partial charge < -0.3 is 20.2 Å². The van der Waals surface area contributed by atoms with Crippen LogP contribution < -0.4 is 15.1 Å². The zero-order valence-corrected chi connectivity index (χ0v) is 18.8. The van der Waals surface area contributed by atoms with Gasteiger partial charge in [-0.25, -0.2) is 9.97 Å². The molecule has 0 aliphatic heterocycles. The lowest BCUT2D eigenvalue weighted by Gasteiger charge is -2.29. The number of aliphatic hydroxyl groups is 1. The average molecular weight is 440 g/mol. The molecule has 158 valence electrons. The van der Waals surface area contributed by atoms with Gasteiger partial charge >= 0.3 is 0 Å². The second kappa shape index (κ2) is 9.61. The molecule has 2 N–H and O–H groups in total. The topological polar surface area (TPSA) is 81.6 Å². The summed E-state index contributed by atoms with van der Waals surface area (Å²) in [6, 6.07) is 3.61. The minimum absolute atomic E-state index is 0.334. The molecule has 0 saturated heterocycles. The van der Waals surface area contributed by atoms with Crippen LogP contribution in [-0.2, 0) is 4.79 Å². The predicted octanol–water partition coefficient (Wildman–Crippen LogP) is 4.42. The molecule has 1 aromatic heterocycles. The third kappa shape index (κ3) is 6.19. The molecule has 0 unspecified atom stereocenters. The van der Waals surface area contributed by atoms with E-state index in [9.17, 15) is 9.90 Å². The van der Waals surface area contributed by atoms with Gasteiger partial charge in [0.2, 0.25) is 6.41 Å². The van der Waals surface area contributed by atoms with Crippen molar-refractivity contribution in [3.05, 3.63) is 34.2 Å². The van der Waals surface area contributed by atoms with Gasteiger partial charge in [-0.15, -0.1) is 0 Å². The predicted molar refractivity (Wildman–Crippen MR) is 120 cm³/mol. The Bertz CT molecular complexity index is 871. The van der Waals surface area contributed by atoms with E-state index in [2.05, 4.69) is 15.3 Å². The fourth-order valence-corrected chi connectivity index (χ4v) is 3.15. The van der Waals surface area contributed by atoms with Crippen LogP contribution in [0.3, 0.4) is 0 Å². The van der Waals surface area contributed by atoms with Gasteiger partial charge in [0.05, 0.1) is 28.2 Å². The zero-order chi connectivity index (χ0) is 21.8. The molecular formula is C20H27Cl2N5O2. The van der Waals surface area contributed by atoms with E-state index in [0.29, 0.717) is 52.6 Å². The van der Waals surface area contributed by atoms with Gasteiger partial charge in [-0.2, -0.15) is 0 Å². The van der Waals surface area contributed by atoms with Crippen LogP contribution in [0, 0.1) is 6.92 Å². The number of hydrogen-bond acceptors (Lipinski definition) is 6.